The van der Waals surface area contributed by atoms with Crippen LogP contribution >= 0.6 is 35.6 Å². The van der Waals surface area contributed by atoms with Crippen LogP contribution in [-0.4, -0.2) is 36.6 Å². The molecule has 3 nitrogen and oxygen atoms in total. The van der Waals surface area contributed by atoms with Gasteiger partial charge in [0.05, 0.1) is 10.6 Å². The molecule has 1 aromatic carbocycles. The van der Waals surface area contributed by atoms with Gasteiger partial charge in [-0.2, -0.15) is 0 Å². The molecule has 0 fully saturated rings. The minimum atomic E-state index is -0.416. The van der Waals surface area contributed by atoms with E-state index < -0.39 is 5.97 Å². The molecule has 114 valence electrons. The number of carbonyl (C=O) groups is 1. The summed E-state index contributed by atoms with van der Waals surface area (Å²) in [5, 5.41) is 0.811. The molecule has 0 aliphatic rings. The van der Waals surface area contributed by atoms with Crippen LogP contribution in [0.15, 0.2) is 18.2 Å². The molecule has 0 amide bonds. The predicted molar refractivity (Wildman–Crippen MR) is 86.4 cm³/mol. The van der Waals surface area contributed by atoms with Crippen LogP contribution in [0.25, 0.3) is 0 Å². The van der Waals surface area contributed by atoms with Crippen LogP contribution in [0.3, 0.4) is 0 Å². The summed E-state index contributed by atoms with van der Waals surface area (Å²) in [6.45, 7) is 8.40. The van der Waals surface area contributed by atoms with Crippen LogP contribution in [0.4, 0.5) is 0 Å². The Hall–Kier alpha value is -0.480. The first-order valence-corrected chi connectivity index (χ1v) is 7.11. The maximum absolute atomic E-state index is 11.9. The van der Waals surface area contributed by atoms with E-state index in [2.05, 4.69) is 18.7 Å². The lowest BCUT2D eigenvalue weighted by Crippen LogP contribution is -2.36. The largest absolute Gasteiger partial charge is 0.460 e. The quantitative estimate of drug-likeness (QED) is 0.723. The first kappa shape index (κ1) is 19.5. The number of nitrogens with zero attached hydrogens (tertiary/aromatic N) is 1. The summed E-state index contributed by atoms with van der Waals surface area (Å²) < 4.78 is 5.29. The van der Waals surface area contributed by atoms with E-state index in [1.54, 1.807) is 12.1 Å². The number of hydrogen-bond acceptors (Lipinski definition) is 3. The third-order valence-corrected chi connectivity index (χ3v) is 3.59. The summed E-state index contributed by atoms with van der Waals surface area (Å²) in [4.78, 5) is 14.1. The second-order valence-electron chi connectivity index (χ2n) is 4.29. The molecule has 0 N–H and O–H groups in total. The van der Waals surface area contributed by atoms with Crippen LogP contribution in [0.5, 0.6) is 0 Å². The molecule has 0 spiro atoms. The van der Waals surface area contributed by atoms with Gasteiger partial charge in [-0.1, -0.05) is 37.0 Å². The van der Waals surface area contributed by atoms with Crippen LogP contribution in [0.2, 0.25) is 10.0 Å². The molecule has 1 unspecified atom stereocenters. The zero-order valence-corrected chi connectivity index (χ0v) is 14.2. The monoisotopic (exact) mass is 339 g/mol. The summed E-state index contributed by atoms with van der Waals surface area (Å²) in [5.74, 6) is -0.416. The van der Waals surface area contributed by atoms with Gasteiger partial charge in [-0.3, -0.25) is 4.90 Å². The van der Waals surface area contributed by atoms with Gasteiger partial charge in [0.15, 0.2) is 0 Å². The highest BCUT2D eigenvalue weighted by Gasteiger charge is 2.16. The first-order chi connectivity index (χ1) is 8.99. The molecule has 1 rings (SSSR count). The van der Waals surface area contributed by atoms with E-state index in [1.165, 1.54) is 6.07 Å². The molecule has 0 aromatic heterocycles. The number of likely N-dealkylation sites (N-methyl/N-ethyl adjacent to an activating group) is 1. The standard InChI is InChI=1S/C14H19Cl2NO2.ClH/c1-4-17(5-2)10(3)9-19-14(18)12-7-6-11(15)8-13(12)16;/h6-8,10H,4-5,9H2,1-3H3;1H. The molecular weight excluding hydrogens is 321 g/mol. The number of ether oxygens (including phenoxy) is 1. The highest BCUT2D eigenvalue weighted by molar-refractivity contribution is 6.36. The topological polar surface area (TPSA) is 29.5 Å². The van der Waals surface area contributed by atoms with Crippen molar-refractivity contribution in [2.24, 2.45) is 0 Å². The van der Waals surface area contributed by atoms with E-state index in [-0.39, 0.29) is 18.4 Å². The molecule has 1 aromatic rings. The van der Waals surface area contributed by atoms with Crippen LogP contribution < -0.4 is 0 Å². The molecule has 20 heavy (non-hydrogen) atoms. The molecule has 0 radical (unpaired) electrons. The minimum absolute atomic E-state index is 0. The molecule has 0 saturated carbocycles. The fraction of sp³-hybridized carbons (Fsp3) is 0.500. The normalized spacial score (nSPS) is 11.9. The summed E-state index contributed by atoms with van der Waals surface area (Å²) in [7, 11) is 0. The third-order valence-electron chi connectivity index (χ3n) is 3.04. The number of esters is 1. The van der Waals surface area contributed by atoms with Gasteiger partial charge in [-0.25, -0.2) is 4.79 Å². The fourth-order valence-electron chi connectivity index (χ4n) is 1.88. The Labute approximate surface area is 136 Å². The smallest absolute Gasteiger partial charge is 0.339 e. The van der Waals surface area contributed by atoms with Crippen LogP contribution in [-0.2, 0) is 4.74 Å². The lowest BCUT2D eigenvalue weighted by Gasteiger charge is -2.25. The Kier molecular flexibility index (Phi) is 9.23. The van der Waals surface area contributed by atoms with E-state index in [0.29, 0.717) is 22.2 Å². The summed E-state index contributed by atoms with van der Waals surface area (Å²) in [5.41, 5.74) is 0.345. The zero-order valence-electron chi connectivity index (χ0n) is 11.9. The average Bonchev–Trinajstić information content (AvgIpc) is 2.37. The second kappa shape index (κ2) is 9.46. The second-order valence-corrected chi connectivity index (χ2v) is 5.14. The molecule has 0 aliphatic carbocycles. The van der Waals surface area contributed by atoms with Crippen molar-refractivity contribution < 1.29 is 9.53 Å². The molecule has 0 saturated heterocycles. The van der Waals surface area contributed by atoms with E-state index in [0.717, 1.165) is 13.1 Å². The Morgan fingerprint density at radius 3 is 2.40 bits per heavy atom. The average molecular weight is 341 g/mol. The maximum Gasteiger partial charge on any atom is 0.339 e. The van der Waals surface area contributed by atoms with Gasteiger partial charge >= 0.3 is 5.97 Å². The first-order valence-electron chi connectivity index (χ1n) is 6.35. The number of carbonyl (C=O) groups excluding carboxylic acids is 1. The number of benzene rings is 1. The van der Waals surface area contributed by atoms with Crippen molar-refractivity contribution in [3.8, 4) is 0 Å². The molecular formula is C14H20Cl3NO2. The lowest BCUT2D eigenvalue weighted by atomic mass is 10.2. The number of hydrogen-bond donors (Lipinski definition) is 0. The highest BCUT2D eigenvalue weighted by atomic mass is 35.5. The van der Waals surface area contributed by atoms with E-state index in [4.69, 9.17) is 27.9 Å². The summed E-state index contributed by atoms with van der Waals surface area (Å²) in [6, 6.07) is 4.92. The summed E-state index contributed by atoms with van der Waals surface area (Å²) >= 11 is 11.7. The van der Waals surface area contributed by atoms with Gasteiger partial charge < -0.3 is 4.74 Å². The van der Waals surface area contributed by atoms with Gasteiger partial charge in [-0.15, -0.1) is 12.4 Å². The van der Waals surface area contributed by atoms with Gasteiger partial charge in [0.1, 0.15) is 6.61 Å². The van der Waals surface area contributed by atoms with E-state index in [9.17, 15) is 4.79 Å². The maximum atomic E-state index is 11.9. The van der Waals surface area contributed by atoms with Crippen molar-refractivity contribution in [2.75, 3.05) is 19.7 Å². The zero-order chi connectivity index (χ0) is 14.4. The molecule has 0 aliphatic heterocycles. The Balaban J connectivity index is 0.00000361. The van der Waals surface area contributed by atoms with Crippen molar-refractivity contribution >= 4 is 41.6 Å². The minimum Gasteiger partial charge on any atom is -0.460 e. The summed E-state index contributed by atoms with van der Waals surface area (Å²) in [6.07, 6.45) is 0. The molecule has 1 atom stereocenters. The Morgan fingerprint density at radius 1 is 1.30 bits per heavy atom. The van der Waals surface area contributed by atoms with Gasteiger partial charge in [-0.05, 0) is 38.2 Å². The number of rotatable bonds is 6. The van der Waals surface area contributed by atoms with Gasteiger partial charge in [0.25, 0.3) is 0 Å². The Bertz CT molecular complexity index is 436. The number of halogens is 3. The van der Waals surface area contributed by atoms with Crippen LogP contribution in [0.1, 0.15) is 31.1 Å². The van der Waals surface area contributed by atoms with Crippen molar-refractivity contribution in [2.45, 2.75) is 26.8 Å². The molecule has 6 heteroatoms. The third kappa shape index (κ3) is 5.49. The van der Waals surface area contributed by atoms with Gasteiger partial charge in [0.2, 0.25) is 0 Å². The highest BCUT2D eigenvalue weighted by Crippen LogP contribution is 2.21. The Morgan fingerprint density at radius 2 is 1.90 bits per heavy atom. The van der Waals surface area contributed by atoms with E-state index >= 15 is 0 Å². The lowest BCUT2D eigenvalue weighted by molar-refractivity contribution is 0.0382. The van der Waals surface area contributed by atoms with Crippen LogP contribution in [0, 0.1) is 0 Å². The van der Waals surface area contributed by atoms with Crippen molar-refractivity contribution in [1.29, 1.82) is 0 Å². The van der Waals surface area contributed by atoms with Crippen molar-refractivity contribution in [1.82, 2.24) is 4.90 Å². The van der Waals surface area contributed by atoms with Gasteiger partial charge in [0, 0.05) is 11.1 Å². The van der Waals surface area contributed by atoms with E-state index in [1.807, 2.05) is 6.92 Å². The molecule has 0 heterocycles. The predicted octanol–water partition coefficient (Wildman–Crippen LogP) is 4.30. The van der Waals surface area contributed by atoms with Crippen molar-refractivity contribution in [3.63, 3.8) is 0 Å². The fourth-order valence-corrected chi connectivity index (χ4v) is 2.37. The van der Waals surface area contributed by atoms with Crippen molar-refractivity contribution in [3.05, 3.63) is 33.8 Å². The SMILES string of the molecule is CCN(CC)C(C)COC(=O)c1ccc(Cl)cc1Cl.Cl. The molecule has 0 bridgehead atoms.